The number of nitrogens with one attached hydrogen (secondary N) is 2. The molecule has 0 aliphatic carbocycles. The summed E-state index contributed by atoms with van der Waals surface area (Å²) >= 11 is 0. The molecule has 0 saturated heterocycles. The van der Waals surface area contributed by atoms with Gasteiger partial charge in [0.1, 0.15) is 5.82 Å². The van der Waals surface area contributed by atoms with Crippen molar-refractivity contribution in [1.29, 1.82) is 0 Å². The lowest BCUT2D eigenvalue weighted by molar-refractivity contribution is -0.117. The van der Waals surface area contributed by atoms with Crippen molar-refractivity contribution >= 4 is 11.6 Å². The van der Waals surface area contributed by atoms with Gasteiger partial charge in [0.25, 0.3) is 0 Å². The molecule has 1 amide bonds. The van der Waals surface area contributed by atoms with Crippen molar-refractivity contribution in [2.24, 2.45) is 0 Å². The van der Waals surface area contributed by atoms with Gasteiger partial charge in [-0.05, 0) is 44.7 Å². The molecule has 1 unspecified atom stereocenters. The fourth-order valence-electron chi connectivity index (χ4n) is 1.14. The fraction of sp³-hybridized carbons (Fsp3) is 0.364. The second-order valence-corrected chi connectivity index (χ2v) is 3.46. The summed E-state index contributed by atoms with van der Waals surface area (Å²) in [6, 6.07) is 4.01. The highest BCUT2D eigenvalue weighted by molar-refractivity contribution is 5.95. The monoisotopic (exact) mass is 210 g/mol. The lowest BCUT2D eigenvalue weighted by Gasteiger charge is -2.12. The Balaban J connectivity index is 2.77. The molecule has 0 saturated carbocycles. The smallest absolute Gasteiger partial charge is 0.241 e. The number of carbonyl (C=O) groups excluding carboxylic acids is 1. The number of aryl methyl sites for hydroxylation is 1. The highest BCUT2D eigenvalue weighted by Crippen LogP contribution is 2.15. The standard InChI is InChI=1S/C11H15FN2O/c1-7-6-9(12)4-5-10(7)14-11(15)8(2)13-3/h4-6,8,13H,1-3H3,(H,14,15). The van der Waals surface area contributed by atoms with Crippen LogP contribution in [0.15, 0.2) is 18.2 Å². The predicted molar refractivity (Wildman–Crippen MR) is 58.3 cm³/mol. The van der Waals surface area contributed by atoms with Crippen molar-refractivity contribution in [2.75, 3.05) is 12.4 Å². The molecule has 1 aromatic carbocycles. The molecule has 3 nitrogen and oxygen atoms in total. The van der Waals surface area contributed by atoms with Crippen molar-refractivity contribution in [2.45, 2.75) is 19.9 Å². The summed E-state index contributed by atoms with van der Waals surface area (Å²) in [5.41, 5.74) is 1.36. The maximum Gasteiger partial charge on any atom is 0.241 e. The van der Waals surface area contributed by atoms with Gasteiger partial charge in [-0.25, -0.2) is 4.39 Å². The second-order valence-electron chi connectivity index (χ2n) is 3.46. The molecule has 4 heteroatoms. The Labute approximate surface area is 88.7 Å². The summed E-state index contributed by atoms with van der Waals surface area (Å²) in [5, 5.41) is 5.55. The van der Waals surface area contributed by atoms with E-state index in [9.17, 15) is 9.18 Å². The molecule has 2 N–H and O–H groups in total. The number of anilines is 1. The van der Waals surface area contributed by atoms with E-state index < -0.39 is 0 Å². The second kappa shape index (κ2) is 4.89. The zero-order valence-electron chi connectivity index (χ0n) is 9.10. The normalized spacial score (nSPS) is 12.3. The molecular formula is C11H15FN2O. The summed E-state index contributed by atoms with van der Waals surface area (Å²) in [4.78, 5) is 11.5. The number of halogens is 1. The minimum atomic E-state index is -0.299. The lowest BCUT2D eigenvalue weighted by atomic mass is 10.2. The van der Waals surface area contributed by atoms with Crippen LogP contribution in [0.2, 0.25) is 0 Å². The topological polar surface area (TPSA) is 41.1 Å². The molecule has 15 heavy (non-hydrogen) atoms. The van der Waals surface area contributed by atoms with Gasteiger partial charge in [0.2, 0.25) is 5.91 Å². The quantitative estimate of drug-likeness (QED) is 0.797. The van der Waals surface area contributed by atoms with Gasteiger partial charge >= 0.3 is 0 Å². The molecule has 82 valence electrons. The number of rotatable bonds is 3. The minimum absolute atomic E-state index is 0.132. The maximum atomic E-state index is 12.8. The van der Waals surface area contributed by atoms with Crippen LogP contribution in [0.1, 0.15) is 12.5 Å². The van der Waals surface area contributed by atoms with Crippen LogP contribution in [0.5, 0.6) is 0 Å². The van der Waals surface area contributed by atoms with Crippen molar-refractivity contribution in [3.8, 4) is 0 Å². The van der Waals surface area contributed by atoms with E-state index in [1.807, 2.05) is 0 Å². The number of likely N-dealkylation sites (N-methyl/N-ethyl adjacent to an activating group) is 1. The minimum Gasteiger partial charge on any atom is -0.324 e. The van der Waals surface area contributed by atoms with Crippen LogP contribution in [0, 0.1) is 12.7 Å². The third kappa shape index (κ3) is 3.02. The van der Waals surface area contributed by atoms with E-state index in [1.165, 1.54) is 12.1 Å². The highest BCUT2D eigenvalue weighted by atomic mass is 19.1. The fourth-order valence-corrected chi connectivity index (χ4v) is 1.14. The van der Waals surface area contributed by atoms with Gasteiger partial charge in [-0.2, -0.15) is 0 Å². The number of hydrogen-bond donors (Lipinski definition) is 2. The van der Waals surface area contributed by atoms with E-state index in [-0.39, 0.29) is 17.8 Å². The Morgan fingerprint density at radius 3 is 2.67 bits per heavy atom. The number of amides is 1. The third-order valence-corrected chi connectivity index (χ3v) is 2.27. The lowest BCUT2D eigenvalue weighted by Crippen LogP contribution is -2.35. The van der Waals surface area contributed by atoms with Gasteiger partial charge in [0, 0.05) is 5.69 Å². The zero-order chi connectivity index (χ0) is 11.4. The third-order valence-electron chi connectivity index (χ3n) is 2.27. The molecule has 1 atom stereocenters. The average molecular weight is 210 g/mol. The highest BCUT2D eigenvalue weighted by Gasteiger charge is 2.11. The van der Waals surface area contributed by atoms with Crippen LogP contribution in [0.3, 0.4) is 0 Å². The largest absolute Gasteiger partial charge is 0.324 e. The van der Waals surface area contributed by atoms with E-state index in [2.05, 4.69) is 10.6 Å². The molecule has 0 heterocycles. The Bertz CT molecular complexity index is 366. The summed E-state index contributed by atoms with van der Waals surface area (Å²) in [7, 11) is 1.71. The first kappa shape index (κ1) is 11.7. The van der Waals surface area contributed by atoms with E-state index in [1.54, 1.807) is 27.0 Å². The van der Waals surface area contributed by atoms with E-state index in [4.69, 9.17) is 0 Å². The molecule has 0 aliphatic rings. The first-order valence-electron chi connectivity index (χ1n) is 4.79. The average Bonchev–Trinajstić information content (AvgIpc) is 2.20. The van der Waals surface area contributed by atoms with Crippen LogP contribution >= 0.6 is 0 Å². The van der Waals surface area contributed by atoms with Gasteiger partial charge < -0.3 is 10.6 Å². The van der Waals surface area contributed by atoms with Crippen LogP contribution in [0.4, 0.5) is 10.1 Å². The SMILES string of the molecule is CNC(C)C(=O)Nc1ccc(F)cc1C. The van der Waals surface area contributed by atoms with Crippen molar-refractivity contribution in [3.05, 3.63) is 29.6 Å². The Morgan fingerprint density at radius 1 is 1.47 bits per heavy atom. The zero-order valence-corrected chi connectivity index (χ0v) is 9.10. The molecular weight excluding hydrogens is 195 g/mol. The molecule has 0 spiro atoms. The maximum absolute atomic E-state index is 12.8. The van der Waals surface area contributed by atoms with Crippen molar-refractivity contribution in [3.63, 3.8) is 0 Å². The van der Waals surface area contributed by atoms with Gasteiger partial charge in [0.05, 0.1) is 6.04 Å². The first-order chi connectivity index (χ1) is 7.04. The molecule has 0 bridgehead atoms. The summed E-state index contributed by atoms with van der Waals surface area (Å²) in [6.07, 6.45) is 0. The van der Waals surface area contributed by atoms with Gasteiger partial charge in [-0.15, -0.1) is 0 Å². The Hall–Kier alpha value is -1.42. The van der Waals surface area contributed by atoms with Crippen LogP contribution in [-0.2, 0) is 4.79 Å². The molecule has 1 rings (SSSR count). The number of benzene rings is 1. The van der Waals surface area contributed by atoms with Gasteiger partial charge in [0.15, 0.2) is 0 Å². The number of carbonyl (C=O) groups is 1. The van der Waals surface area contributed by atoms with Gasteiger partial charge in [-0.1, -0.05) is 0 Å². The molecule has 0 aromatic heterocycles. The first-order valence-corrected chi connectivity index (χ1v) is 4.79. The van der Waals surface area contributed by atoms with Gasteiger partial charge in [-0.3, -0.25) is 4.79 Å². The molecule has 0 aliphatic heterocycles. The van der Waals surface area contributed by atoms with Crippen LogP contribution in [-0.4, -0.2) is 19.0 Å². The summed E-state index contributed by atoms with van der Waals surface area (Å²) in [6.45, 7) is 3.51. The molecule has 0 radical (unpaired) electrons. The van der Waals surface area contributed by atoms with Crippen molar-refractivity contribution < 1.29 is 9.18 Å². The summed E-state index contributed by atoms with van der Waals surface area (Å²) in [5.74, 6) is -0.431. The van der Waals surface area contributed by atoms with Crippen LogP contribution < -0.4 is 10.6 Å². The predicted octanol–water partition coefficient (Wildman–Crippen LogP) is 1.68. The van der Waals surface area contributed by atoms with E-state index in [0.29, 0.717) is 11.3 Å². The van der Waals surface area contributed by atoms with E-state index in [0.717, 1.165) is 0 Å². The molecule has 1 aromatic rings. The molecule has 0 fully saturated rings. The Morgan fingerprint density at radius 2 is 2.13 bits per heavy atom. The summed E-state index contributed by atoms with van der Waals surface area (Å²) < 4.78 is 12.8. The van der Waals surface area contributed by atoms with E-state index >= 15 is 0 Å². The number of hydrogen-bond acceptors (Lipinski definition) is 2. The van der Waals surface area contributed by atoms with Crippen LogP contribution in [0.25, 0.3) is 0 Å². The van der Waals surface area contributed by atoms with Crippen molar-refractivity contribution in [1.82, 2.24) is 5.32 Å². The Kier molecular flexibility index (Phi) is 3.80.